The van der Waals surface area contributed by atoms with Crippen LogP contribution in [0.5, 0.6) is 11.5 Å². The first-order chi connectivity index (χ1) is 16.4. The Kier molecular flexibility index (Phi) is 8.50. The largest absolute Gasteiger partial charge is 0.494 e. The number of aryl methyl sites for hydroxylation is 1. The summed E-state index contributed by atoms with van der Waals surface area (Å²) in [5, 5.41) is 21.2. The summed E-state index contributed by atoms with van der Waals surface area (Å²) >= 11 is 0. The van der Waals surface area contributed by atoms with Crippen LogP contribution in [-0.4, -0.2) is 44.6 Å². The summed E-state index contributed by atoms with van der Waals surface area (Å²) in [7, 11) is 1.32. The van der Waals surface area contributed by atoms with E-state index in [4.69, 9.17) is 14.6 Å². The molecule has 0 aliphatic carbocycles. The number of aromatic nitrogens is 3. The third-order valence-corrected chi connectivity index (χ3v) is 4.95. The monoisotopic (exact) mass is 476 g/mol. The number of aliphatic hydroxyl groups is 2. The third-order valence-electron chi connectivity index (χ3n) is 4.95. The average Bonchev–Trinajstić information content (AvgIpc) is 2.83. The Balaban J connectivity index is 1.68. The van der Waals surface area contributed by atoms with Gasteiger partial charge in [0.25, 0.3) is 5.56 Å². The van der Waals surface area contributed by atoms with Crippen LogP contribution in [0.1, 0.15) is 24.5 Å². The van der Waals surface area contributed by atoms with Crippen molar-refractivity contribution in [2.75, 3.05) is 19.0 Å². The molecule has 0 amide bonds. The lowest BCUT2D eigenvalue weighted by Crippen LogP contribution is -2.27. The highest BCUT2D eigenvalue weighted by Gasteiger charge is 2.19. The van der Waals surface area contributed by atoms with Crippen molar-refractivity contribution in [1.82, 2.24) is 14.5 Å². The van der Waals surface area contributed by atoms with E-state index >= 15 is 0 Å². The molecule has 3 aromatic rings. The van der Waals surface area contributed by atoms with Gasteiger partial charge in [-0.05, 0) is 24.1 Å². The fraction of sp³-hybridized carbons (Fsp3) is 0.348. The summed E-state index contributed by atoms with van der Waals surface area (Å²) in [5.41, 5.74) is 0.138. The molecule has 0 aliphatic rings. The number of methoxy groups -OCH3 is 1. The number of nitrogens with one attached hydrogen (secondary N) is 1. The van der Waals surface area contributed by atoms with Gasteiger partial charge in [0, 0.05) is 18.0 Å². The lowest BCUT2D eigenvalue weighted by molar-refractivity contribution is 0.0804. The Morgan fingerprint density at radius 1 is 1.21 bits per heavy atom. The van der Waals surface area contributed by atoms with Crippen molar-refractivity contribution in [3.05, 3.63) is 69.9 Å². The van der Waals surface area contributed by atoms with Crippen molar-refractivity contribution < 1.29 is 28.5 Å². The molecule has 9 nitrogen and oxygen atoms in total. The zero-order chi connectivity index (χ0) is 24.7. The van der Waals surface area contributed by atoms with E-state index in [0.29, 0.717) is 24.1 Å². The molecule has 34 heavy (non-hydrogen) atoms. The van der Waals surface area contributed by atoms with Gasteiger partial charge in [0.2, 0.25) is 5.95 Å². The second kappa shape index (κ2) is 11.5. The number of rotatable bonds is 11. The van der Waals surface area contributed by atoms with E-state index in [2.05, 4.69) is 15.3 Å². The minimum atomic E-state index is -1.04. The molecule has 1 aromatic carbocycles. The molecule has 2 heterocycles. The number of nitrogens with zero attached hydrogens (tertiary/aromatic N) is 3. The van der Waals surface area contributed by atoms with Gasteiger partial charge in [0.05, 0.1) is 44.3 Å². The van der Waals surface area contributed by atoms with Crippen LogP contribution in [-0.2, 0) is 19.6 Å². The third kappa shape index (κ3) is 6.06. The summed E-state index contributed by atoms with van der Waals surface area (Å²) < 4.78 is 41.1. The molecule has 3 N–H and O–H groups in total. The molecule has 2 aromatic heterocycles. The number of hydrogen-bond acceptors (Lipinski definition) is 8. The molecule has 0 fully saturated rings. The Morgan fingerprint density at radius 3 is 2.56 bits per heavy atom. The molecular formula is C23H26F2N4O5. The number of benzene rings is 1. The number of ether oxygens (including phenoxy) is 2. The molecule has 3 rings (SSSR count). The standard InChI is InChI=1S/C23H26F2N4O5/c1-3-4-14-7-19(33-2)22(25)18(21(14)24)13-34-17-9-26-23(27-10-17)28-15-5-6-29(20(32)8-15)11-16(31)12-30/h5-10,16,30-31H,3-4,11-13H2,1-2H3,(H,26,27,28). The normalized spacial score (nSPS) is 11.8. The molecule has 182 valence electrons. The van der Waals surface area contributed by atoms with Crippen molar-refractivity contribution in [2.45, 2.75) is 39.0 Å². The quantitative estimate of drug-likeness (QED) is 0.386. The summed E-state index contributed by atoms with van der Waals surface area (Å²) in [5.74, 6) is -1.17. The van der Waals surface area contributed by atoms with Crippen LogP contribution >= 0.6 is 0 Å². The van der Waals surface area contributed by atoms with E-state index in [9.17, 15) is 18.7 Å². The molecular weight excluding hydrogens is 450 g/mol. The molecule has 0 radical (unpaired) electrons. The van der Waals surface area contributed by atoms with Crippen molar-refractivity contribution in [2.24, 2.45) is 0 Å². The Morgan fingerprint density at radius 2 is 1.94 bits per heavy atom. The van der Waals surface area contributed by atoms with E-state index in [1.165, 1.54) is 42.4 Å². The van der Waals surface area contributed by atoms with E-state index in [-0.39, 0.29) is 41.7 Å². The number of anilines is 2. The van der Waals surface area contributed by atoms with Gasteiger partial charge in [-0.15, -0.1) is 0 Å². The zero-order valence-corrected chi connectivity index (χ0v) is 18.8. The van der Waals surface area contributed by atoms with Gasteiger partial charge in [-0.3, -0.25) is 4.79 Å². The van der Waals surface area contributed by atoms with Crippen molar-refractivity contribution in [3.63, 3.8) is 0 Å². The van der Waals surface area contributed by atoms with Crippen LogP contribution in [0.15, 0.2) is 41.6 Å². The van der Waals surface area contributed by atoms with E-state index in [1.807, 2.05) is 6.92 Å². The maximum Gasteiger partial charge on any atom is 0.252 e. The molecule has 0 spiro atoms. The predicted molar refractivity (Wildman–Crippen MR) is 120 cm³/mol. The summed E-state index contributed by atoms with van der Waals surface area (Å²) in [6.07, 6.45) is 4.21. The lowest BCUT2D eigenvalue weighted by Gasteiger charge is -2.14. The average molecular weight is 476 g/mol. The van der Waals surface area contributed by atoms with Gasteiger partial charge in [-0.2, -0.15) is 0 Å². The summed E-state index contributed by atoms with van der Waals surface area (Å²) in [4.78, 5) is 20.3. The zero-order valence-electron chi connectivity index (χ0n) is 18.8. The van der Waals surface area contributed by atoms with Crippen LogP contribution in [0.4, 0.5) is 20.4 Å². The highest BCUT2D eigenvalue weighted by molar-refractivity contribution is 5.51. The summed E-state index contributed by atoms with van der Waals surface area (Å²) in [6, 6.07) is 4.23. The van der Waals surface area contributed by atoms with Gasteiger partial charge < -0.3 is 29.6 Å². The molecule has 0 saturated carbocycles. The molecule has 0 aliphatic heterocycles. The molecule has 0 bridgehead atoms. The SMILES string of the molecule is CCCc1cc(OC)c(F)c(COc2cnc(Nc3ccn(CC(O)CO)c(=O)c3)nc2)c1F. The minimum absolute atomic E-state index is 0.0352. The fourth-order valence-corrected chi connectivity index (χ4v) is 3.21. The van der Waals surface area contributed by atoms with Crippen LogP contribution in [0.3, 0.4) is 0 Å². The van der Waals surface area contributed by atoms with E-state index in [1.54, 1.807) is 6.07 Å². The highest BCUT2D eigenvalue weighted by atomic mass is 19.1. The van der Waals surface area contributed by atoms with E-state index in [0.717, 1.165) is 0 Å². The molecule has 11 heteroatoms. The Labute approximate surface area is 194 Å². The van der Waals surface area contributed by atoms with Crippen molar-refractivity contribution in [1.29, 1.82) is 0 Å². The van der Waals surface area contributed by atoms with Gasteiger partial charge in [0.15, 0.2) is 17.3 Å². The predicted octanol–water partition coefficient (Wildman–Crippen LogP) is 2.55. The number of pyridine rings is 1. The van der Waals surface area contributed by atoms with Gasteiger partial charge >= 0.3 is 0 Å². The number of hydrogen-bond donors (Lipinski definition) is 3. The van der Waals surface area contributed by atoms with Gasteiger partial charge in [-0.1, -0.05) is 13.3 Å². The van der Waals surface area contributed by atoms with Crippen LogP contribution in [0.2, 0.25) is 0 Å². The fourth-order valence-electron chi connectivity index (χ4n) is 3.21. The van der Waals surface area contributed by atoms with Crippen molar-refractivity contribution >= 4 is 11.6 Å². The topological polar surface area (TPSA) is 119 Å². The smallest absolute Gasteiger partial charge is 0.252 e. The van der Waals surface area contributed by atoms with Gasteiger partial charge in [0.1, 0.15) is 12.4 Å². The van der Waals surface area contributed by atoms with Crippen molar-refractivity contribution in [3.8, 4) is 11.5 Å². The second-order valence-electron chi connectivity index (χ2n) is 7.49. The minimum Gasteiger partial charge on any atom is -0.494 e. The lowest BCUT2D eigenvalue weighted by atomic mass is 10.0. The van der Waals surface area contributed by atoms with Crippen LogP contribution < -0.4 is 20.3 Å². The first-order valence-electron chi connectivity index (χ1n) is 10.6. The number of aliphatic hydroxyl groups excluding tert-OH is 2. The first-order valence-corrected chi connectivity index (χ1v) is 10.6. The second-order valence-corrected chi connectivity index (χ2v) is 7.49. The van der Waals surface area contributed by atoms with E-state index < -0.39 is 24.3 Å². The first kappa shape index (κ1) is 25.1. The summed E-state index contributed by atoms with van der Waals surface area (Å²) in [6.45, 7) is 1.03. The maximum absolute atomic E-state index is 14.7. The molecule has 1 atom stereocenters. The van der Waals surface area contributed by atoms with Crippen LogP contribution in [0, 0.1) is 11.6 Å². The van der Waals surface area contributed by atoms with Crippen LogP contribution in [0.25, 0.3) is 0 Å². The molecule has 1 unspecified atom stereocenters. The van der Waals surface area contributed by atoms with Gasteiger partial charge in [-0.25, -0.2) is 18.7 Å². The number of halogens is 2. The Hall–Kier alpha value is -3.57. The Bertz CT molecular complexity index is 1170. The maximum atomic E-state index is 14.7. The molecule has 0 saturated heterocycles. The highest BCUT2D eigenvalue weighted by Crippen LogP contribution is 2.28.